The second kappa shape index (κ2) is 4.75. The largest absolute Gasteiger partial charge is 0.574 e. The van der Waals surface area contributed by atoms with E-state index in [1.807, 2.05) is 0 Å². The standard InChI is InChI=1S/C9H6F5NO3/c1-3-6(8(16)17)4(7(10)11)2-5(15-3)18-9(12,13)14/h2,7H,1H3,(H,16,17). The highest BCUT2D eigenvalue weighted by molar-refractivity contribution is 5.90. The monoisotopic (exact) mass is 271 g/mol. The van der Waals surface area contributed by atoms with Crippen molar-refractivity contribution in [1.29, 1.82) is 0 Å². The molecule has 1 aromatic heterocycles. The lowest BCUT2D eigenvalue weighted by Crippen LogP contribution is -2.19. The molecule has 1 heterocycles. The van der Waals surface area contributed by atoms with Crippen molar-refractivity contribution in [2.24, 2.45) is 0 Å². The number of aryl methyl sites for hydroxylation is 1. The number of halogens is 5. The van der Waals surface area contributed by atoms with Crippen LogP contribution in [-0.4, -0.2) is 22.4 Å². The Morgan fingerprint density at radius 1 is 1.44 bits per heavy atom. The Morgan fingerprint density at radius 2 is 2.00 bits per heavy atom. The summed E-state index contributed by atoms with van der Waals surface area (Å²) in [6.45, 7) is 0.999. The lowest BCUT2D eigenvalue weighted by molar-refractivity contribution is -0.276. The van der Waals surface area contributed by atoms with Crippen molar-refractivity contribution in [2.45, 2.75) is 19.7 Å². The molecule has 1 rings (SSSR count). The van der Waals surface area contributed by atoms with Gasteiger partial charge in [-0.15, -0.1) is 13.2 Å². The normalized spacial score (nSPS) is 11.7. The fourth-order valence-corrected chi connectivity index (χ4v) is 1.29. The van der Waals surface area contributed by atoms with Crippen LogP contribution in [0.15, 0.2) is 6.07 Å². The van der Waals surface area contributed by atoms with Gasteiger partial charge in [0.2, 0.25) is 5.88 Å². The van der Waals surface area contributed by atoms with Gasteiger partial charge in [0, 0.05) is 11.6 Å². The lowest BCUT2D eigenvalue weighted by Gasteiger charge is -2.12. The van der Waals surface area contributed by atoms with E-state index in [1.165, 1.54) is 0 Å². The summed E-state index contributed by atoms with van der Waals surface area (Å²) in [7, 11) is 0. The van der Waals surface area contributed by atoms with Crippen molar-refractivity contribution in [2.75, 3.05) is 0 Å². The van der Waals surface area contributed by atoms with Crippen molar-refractivity contribution in [3.05, 3.63) is 22.9 Å². The van der Waals surface area contributed by atoms with E-state index in [-0.39, 0.29) is 6.07 Å². The number of carboxylic acid groups (broad SMARTS) is 1. The Bertz CT molecular complexity index is 472. The molecule has 100 valence electrons. The third kappa shape index (κ3) is 3.28. The molecular weight excluding hydrogens is 265 g/mol. The minimum Gasteiger partial charge on any atom is -0.478 e. The van der Waals surface area contributed by atoms with Gasteiger partial charge < -0.3 is 9.84 Å². The molecule has 0 spiro atoms. The van der Waals surface area contributed by atoms with Crippen molar-refractivity contribution >= 4 is 5.97 Å². The Balaban J connectivity index is 3.32. The van der Waals surface area contributed by atoms with Gasteiger partial charge in [-0.05, 0) is 6.92 Å². The van der Waals surface area contributed by atoms with Gasteiger partial charge in [0.05, 0.1) is 11.3 Å². The average molecular weight is 271 g/mol. The Kier molecular flexibility index (Phi) is 3.73. The number of hydrogen-bond acceptors (Lipinski definition) is 3. The molecule has 9 heteroatoms. The minimum atomic E-state index is -5.09. The number of alkyl halides is 5. The molecule has 18 heavy (non-hydrogen) atoms. The summed E-state index contributed by atoms with van der Waals surface area (Å²) in [6.07, 6.45) is -8.35. The predicted molar refractivity (Wildman–Crippen MR) is 47.6 cm³/mol. The first-order valence-corrected chi connectivity index (χ1v) is 4.40. The van der Waals surface area contributed by atoms with E-state index in [2.05, 4.69) is 9.72 Å². The van der Waals surface area contributed by atoms with Gasteiger partial charge in [-0.3, -0.25) is 0 Å². The van der Waals surface area contributed by atoms with Crippen molar-refractivity contribution in [3.8, 4) is 5.88 Å². The molecule has 1 aromatic rings. The van der Waals surface area contributed by atoms with Crippen LogP contribution in [0.25, 0.3) is 0 Å². The zero-order chi connectivity index (χ0) is 14.1. The molecule has 0 aliphatic rings. The smallest absolute Gasteiger partial charge is 0.478 e. The molecule has 0 aliphatic heterocycles. The molecule has 1 N–H and O–H groups in total. The Labute approximate surface area is 97.0 Å². The number of nitrogens with zero attached hydrogens (tertiary/aromatic N) is 1. The van der Waals surface area contributed by atoms with Crippen LogP contribution < -0.4 is 4.74 Å². The van der Waals surface area contributed by atoms with Crippen molar-refractivity contribution in [1.82, 2.24) is 4.98 Å². The molecule has 4 nitrogen and oxygen atoms in total. The molecule has 0 bridgehead atoms. The van der Waals surface area contributed by atoms with Gasteiger partial charge in [0.25, 0.3) is 6.43 Å². The fraction of sp³-hybridized carbons (Fsp3) is 0.333. The summed E-state index contributed by atoms with van der Waals surface area (Å²) in [6, 6.07) is 0.259. The van der Waals surface area contributed by atoms with E-state index < -0.39 is 41.5 Å². The first-order valence-electron chi connectivity index (χ1n) is 4.40. The van der Waals surface area contributed by atoms with Gasteiger partial charge in [0.15, 0.2) is 0 Å². The van der Waals surface area contributed by atoms with Crippen LogP contribution in [0.3, 0.4) is 0 Å². The maximum absolute atomic E-state index is 12.6. The van der Waals surface area contributed by atoms with E-state index in [1.54, 1.807) is 0 Å². The molecule has 0 aromatic carbocycles. The van der Waals surface area contributed by atoms with Crippen LogP contribution in [0, 0.1) is 6.92 Å². The summed E-state index contributed by atoms with van der Waals surface area (Å²) in [5.41, 5.74) is -2.40. The molecule has 0 atom stereocenters. The van der Waals surface area contributed by atoms with Gasteiger partial charge in [-0.2, -0.15) is 0 Å². The summed E-state index contributed by atoms with van der Waals surface area (Å²) in [5.74, 6) is -2.82. The molecule has 0 saturated carbocycles. The molecule has 0 unspecified atom stereocenters. The van der Waals surface area contributed by atoms with Gasteiger partial charge in [-0.25, -0.2) is 18.6 Å². The molecule has 0 aliphatic carbocycles. The number of carbonyl (C=O) groups is 1. The number of aromatic nitrogens is 1. The summed E-state index contributed by atoms with van der Waals surface area (Å²) in [5, 5.41) is 8.68. The van der Waals surface area contributed by atoms with Gasteiger partial charge in [-0.1, -0.05) is 0 Å². The number of ether oxygens (including phenoxy) is 1. The average Bonchev–Trinajstić information content (AvgIpc) is 2.12. The summed E-state index contributed by atoms with van der Waals surface area (Å²) < 4.78 is 64.2. The highest BCUT2D eigenvalue weighted by atomic mass is 19.4. The summed E-state index contributed by atoms with van der Waals surface area (Å²) in [4.78, 5) is 13.9. The molecule has 0 fully saturated rings. The van der Waals surface area contributed by atoms with Gasteiger partial charge >= 0.3 is 12.3 Å². The Morgan fingerprint density at radius 3 is 2.39 bits per heavy atom. The number of aromatic carboxylic acids is 1. The van der Waals surface area contributed by atoms with Crippen molar-refractivity contribution < 1.29 is 36.6 Å². The van der Waals surface area contributed by atoms with Crippen LogP contribution in [0.1, 0.15) is 28.0 Å². The van der Waals surface area contributed by atoms with E-state index in [4.69, 9.17) is 5.11 Å². The number of hydrogen-bond donors (Lipinski definition) is 1. The van der Waals surface area contributed by atoms with Crippen LogP contribution >= 0.6 is 0 Å². The first kappa shape index (κ1) is 14.1. The molecule has 0 saturated heterocycles. The second-order valence-electron chi connectivity index (χ2n) is 3.16. The third-order valence-electron chi connectivity index (χ3n) is 1.88. The molecular formula is C9H6F5NO3. The lowest BCUT2D eigenvalue weighted by atomic mass is 10.1. The van der Waals surface area contributed by atoms with Crippen LogP contribution in [-0.2, 0) is 0 Å². The highest BCUT2D eigenvalue weighted by Gasteiger charge is 2.33. The Hall–Kier alpha value is -1.93. The fourth-order valence-electron chi connectivity index (χ4n) is 1.29. The quantitative estimate of drug-likeness (QED) is 0.859. The maximum atomic E-state index is 12.6. The van der Waals surface area contributed by atoms with Crippen LogP contribution in [0.4, 0.5) is 22.0 Å². The van der Waals surface area contributed by atoms with E-state index in [9.17, 15) is 26.7 Å². The van der Waals surface area contributed by atoms with E-state index in [0.29, 0.717) is 0 Å². The highest BCUT2D eigenvalue weighted by Crippen LogP contribution is 2.30. The van der Waals surface area contributed by atoms with Crippen LogP contribution in [0.2, 0.25) is 0 Å². The number of pyridine rings is 1. The van der Waals surface area contributed by atoms with Crippen LogP contribution in [0.5, 0.6) is 5.88 Å². The zero-order valence-electron chi connectivity index (χ0n) is 8.76. The van der Waals surface area contributed by atoms with Gasteiger partial charge in [0.1, 0.15) is 0 Å². The maximum Gasteiger partial charge on any atom is 0.574 e. The second-order valence-corrected chi connectivity index (χ2v) is 3.16. The SMILES string of the molecule is Cc1nc(OC(F)(F)F)cc(C(F)F)c1C(=O)O. The number of rotatable bonds is 3. The summed E-state index contributed by atoms with van der Waals surface area (Å²) >= 11 is 0. The molecule has 0 amide bonds. The minimum absolute atomic E-state index is 0.259. The zero-order valence-corrected chi connectivity index (χ0v) is 8.76. The predicted octanol–water partition coefficient (Wildman–Crippen LogP) is 2.92. The van der Waals surface area contributed by atoms with E-state index in [0.717, 1.165) is 6.92 Å². The first-order chi connectivity index (χ1) is 8.11. The number of carboxylic acids is 1. The topological polar surface area (TPSA) is 59.4 Å². The van der Waals surface area contributed by atoms with Crippen molar-refractivity contribution in [3.63, 3.8) is 0 Å². The third-order valence-corrected chi connectivity index (χ3v) is 1.88. The van der Waals surface area contributed by atoms with E-state index >= 15 is 0 Å². The molecule has 0 radical (unpaired) electrons.